The van der Waals surface area contributed by atoms with Crippen LogP contribution in [0, 0.1) is 5.92 Å². The van der Waals surface area contributed by atoms with Gasteiger partial charge in [-0.3, -0.25) is 14.7 Å². The van der Waals surface area contributed by atoms with Gasteiger partial charge in [-0.25, -0.2) is 4.98 Å². The monoisotopic (exact) mass is 622 g/mol. The third-order valence-electron chi connectivity index (χ3n) is 8.89. The van der Waals surface area contributed by atoms with Crippen LogP contribution in [0.4, 0.5) is 0 Å². The average molecular weight is 622 g/mol. The number of amidine groups is 1. The number of H-pyrrole nitrogens is 1. The molecular formula is C37H63N7O. The zero-order chi connectivity index (χ0) is 32.9. The van der Waals surface area contributed by atoms with Crippen LogP contribution < -0.4 is 5.32 Å². The standard InChI is InChI=1S/C35H57N7O.C2H6/c1-6-37-33(36-4)27-41(28-34-38-22-23-39-34)26-30-17-19-31(20-18-30)35(43)40(5)25-21-29(3)14-13-24-42(7-2)32-15-11-9-8-10-12-16-32;1-2/h6,17-20,22-23,29,32H,1,7-16,21,24-28H2,2-5H3,(H,36,37)(H,38,39);1-2H3. The lowest BCUT2D eigenvalue weighted by molar-refractivity contribution is 0.0787. The normalized spacial score (nSPS) is 15.2. The molecule has 1 amide bonds. The molecule has 1 atom stereocenters. The summed E-state index contributed by atoms with van der Waals surface area (Å²) in [5.74, 6) is 2.43. The first kappa shape index (κ1) is 38.2. The highest BCUT2D eigenvalue weighted by Gasteiger charge is 2.19. The van der Waals surface area contributed by atoms with Crippen LogP contribution in [0.15, 0.2) is 54.4 Å². The summed E-state index contributed by atoms with van der Waals surface area (Å²) in [6.45, 7) is 17.6. The molecule has 1 saturated carbocycles. The highest BCUT2D eigenvalue weighted by atomic mass is 16.2. The summed E-state index contributed by atoms with van der Waals surface area (Å²) in [7, 11) is 3.70. The van der Waals surface area contributed by atoms with Crippen LogP contribution in [-0.2, 0) is 13.1 Å². The number of aliphatic imine (C=N–C) groups is 1. The van der Waals surface area contributed by atoms with Gasteiger partial charge in [-0.1, -0.05) is 78.5 Å². The van der Waals surface area contributed by atoms with Gasteiger partial charge in [0.1, 0.15) is 11.7 Å². The highest BCUT2D eigenvalue weighted by Crippen LogP contribution is 2.22. The minimum Gasteiger partial charge on any atom is -0.350 e. The summed E-state index contributed by atoms with van der Waals surface area (Å²) in [6, 6.07) is 8.80. The summed E-state index contributed by atoms with van der Waals surface area (Å²) in [5.41, 5.74) is 1.87. The molecule has 0 bridgehead atoms. The number of nitrogens with zero attached hydrogens (tertiary/aromatic N) is 5. The molecule has 8 nitrogen and oxygen atoms in total. The van der Waals surface area contributed by atoms with E-state index >= 15 is 0 Å². The maximum atomic E-state index is 13.2. The molecule has 1 aliphatic rings. The number of amides is 1. The fourth-order valence-electron chi connectivity index (χ4n) is 6.21. The Morgan fingerprint density at radius 2 is 1.78 bits per heavy atom. The van der Waals surface area contributed by atoms with Gasteiger partial charge in [-0.2, -0.15) is 0 Å². The number of hydrogen-bond acceptors (Lipinski definition) is 5. The van der Waals surface area contributed by atoms with Crippen molar-refractivity contribution in [3.8, 4) is 0 Å². The second-order valence-corrected chi connectivity index (χ2v) is 12.3. The van der Waals surface area contributed by atoms with Crippen LogP contribution >= 0.6 is 0 Å². The zero-order valence-electron chi connectivity index (χ0n) is 29.4. The van der Waals surface area contributed by atoms with Crippen LogP contribution in [0.1, 0.15) is 114 Å². The van der Waals surface area contributed by atoms with Crippen molar-refractivity contribution in [2.75, 3.05) is 40.3 Å². The minimum absolute atomic E-state index is 0.0863. The number of carbonyl (C=O) groups excluding carboxylic acids is 1. The van der Waals surface area contributed by atoms with Crippen molar-refractivity contribution in [3.63, 3.8) is 0 Å². The summed E-state index contributed by atoms with van der Waals surface area (Å²) in [4.78, 5) is 32.0. The summed E-state index contributed by atoms with van der Waals surface area (Å²) < 4.78 is 0. The molecule has 252 valence electrons. The number of hydrogen-bond donors (Lipinski definition) is 2. The van der Waals surface area contributed by atoms with E-state index < -0.39 is 0 Å². The van der Waals surface area contributed by atoms with Gasteiger partial charge in [0.25, 0.3) is 5.91 Å². The van der Waals surface area contributed by atoms with E-state index in [-0.39, 0.29) is 5.91 Å². The molecule has 1 aromatic heterocycles. The molecule has 2 N–H and O–H groups in total. The number of benzene rings is 1. The molecule has 8 heteroatoms. The molecule has 1 aliphatic carbocycles. The van der Waals surface area contributed by atoms with Gasteiger partial charge in [-0.15, -0.1) is 0 Å². The minimum atomic E-state index is 0.0863. The van der Waals surface area contributed by atoms with Crippen LogP contribution in [0.2, 0.25) is 0 Å². The Balaban J connectivity index is 0.00000345. The van der Waals surface area contributed by atoms with Crippen LogP contribution in [0.5, 0.6) is 0 Å². The Kier molecular flexibility index (Phi) is 19.1. The zero-order valence-corrected chi connectivity index (χ0v) is 29.4. The Bertz CT molecular complexity index is 1070. The van der Waals surface area contributed by atoms with E-state index in [1.807, 2.05) is 44.1 Å². The van der Waals surface area contributed by atoms with Gasteiger partial charge in [-0.05, 0) is 75.0 Å². The Morgan fingerprint density at radius 3 is 2.38 bits per heavy atom. The fourth-order valence-corrected chi connectivity index (χ4v) is 6.21. The third kappa shape index (κ3) is 14.3. The largest absolute Gasteiger partial charge is 0.350 e. The molecule has 1 aromatic carbocycles. The second-order valence-electron chi connectivity index (χ2n) is 12.3. The van der Waals surface area contributed by atoms with Crippen molar-refractivity contribution in [2.45, 2.75) is 111 Å². The van der Waals surface area contributed by atoms with E-state index in [1.54, 1.807) is 19.4 Å². The smallest absolute Gasteiger partial charge is 0.253 e. The first-order chi connectivity index (χ1) is 21.9. The second kappa shape index (κ2) is 22.5. The SMILES string of the molecule is C=CNC(CN(Cc1ccc(C(=O)N(C)CCC(C)CCCN(CC)C2CCCCCCC2)cc1)Cc1ncc[nH]1)=NC.CC. The van der Waals surface area contributed by atoms with Gasteiger partial charge >= 0.3 is 0 Å². The Labute approximate surface area is 274 Å². The van der Waals surface area contributed by atoms with Crippen LogP contribution in [-0.4, -0.2) is 82.7 Å². The number of aromatic amines is 1. The molecule has 45 heavy (non-hydrogen) atoms. The van der Waals surface area contributed by atoms with Crippen molar-refractivity contribution >= 4 is 11.7 Å². The number of carbonyl (C=O) groups is 1. The van der Waals surface area contributed by atoms with E-state index in [0.717, 1.165) is 48.3 Å². The van der Waals surface area contributed by atoms with E-state index in [4.69, 9.17) is 0 Å². The molecule has 1 heterocycles. The molecule has 1 unspecified atom stereocenters. The van der Waals surface area contributed by atoms with E-state index in [1.165, 1.54) is 64.3 Å². The van der Waals surface area contributed by atoms with Crippen molar-refractivity contribution in [3.05, 3.63) is 66.4 Å². The van der Waals surface area contributed by atoms with Crippen molar-refractivity contribution in [1.29, 1.82) is 0 Å². The molecule has 0 aliphatic heterocycles. The molecule has 0 saturated heterocycles. The molecule has 1 fully saturated rings. The first-order valence-corrected chi connectivity index (χ1v) is 17.6. The van der Waals surface area contributed by atoms with Gasteiger partial charge in [0.15, 0.2) is 0 Å². The summed E-state index contributed by atoms with van der Waals surface area (Å²) >= 11 is 0. The van der Waals surface area contributed by atoms with E-state index in [9.17, 15) is 4.79 Å². The lowest BCUT2D eigenvalue weighted by Gasteiger charge is -2.32. The Hall–Kier alpha value is -2.97. The van der Waals surface area contributed by atoms with Crippen molar-refractivity contribution in [2.24, 2.45) is 10.9 Å². The molecule has 3 rings (SSSR count). The van der Waals surface area contributed by atoms with E-state index in [0.29, 0.717) is 25.6 Å². The van der Waals surface area contributed by atoms with Gasteiger partial charge in [0.2, 0.25) is 0 Å². The molecule has 0 spiro atoms. The van der Waals surface area contributed by atoms with Crippen molar-refractivity contribution in [1.82, 2.24) is 30.0 Å². The van der Waals surface area contributed by atoms with Crippen LogP contribution in [0.3, 0.4) is 0 Å². The average Bonchev–Trinajstić information content (AvgIpc) is 3.56. The van der Waals surface area contributed by atoms with E-state index in [2.05, 4.69) is 62.6 Å². The topological polar surface area (TPSA) is 79.9 Å². The highest BCUT2D eigenvalue weighted by molar-refractivity contribution is 5.94. The number of aromatic nitrogens is 2. The molecule has 0 radical (unpaired) electrons. The Morgan fingerprint density at radius 1 is 1.09 bits per heavy atom. The predicted octanol–water partition coefficient (Wildman–Crippen LogP) is 7.51. The predicted molar refractivity (Wildman–Crippen MR) is 191 cm³/mol. The summed E-state index contributed by atoms with van der Waals surface area (Å²) in [5, 5.41) is 3.11. The maximum Gasteiger partial charge on any atom is 0.253 e. The quantitative estimate of drug-likeness (QED) is 0.141. The van der Waals surface area contributed by atoms with Gasteiger partial charge < -0.3 is 20.1 Å². The van der Waals surface area contributed by atoms with Crippen molar-refractivity contribution < 1.29 is 4.79 Å². The van der Waals surface area contributed by atoms with Gasteiger partial charge in [0.05, 0.1) is 13.1 Å². The fraction of sp³-hybridized carbons (Fsp3) is 0.649. The number of rotatable bonds is 17. The summed E-state index contributed by atoms with van der Waals surface area (Å²) in [6.07, 6.45) is 18.6. The number of nitrogens with one attached hydrogen (secondary N) is 2. The first-order valence-electron chi connectivity index (χ1n) is 17.6. The lowest BCUT2D eigenvalue weighted by atomic mass is 9.95. The molecular weight excluding hydrogens is 558 g/mol. The van der Waals surface area contributed by atoms with Crippen LogP contribution in [0.25, 0.3) is 0 Å². The van der Waals surface area contributed by atoms with Gasteiger partial charge in [0, 0.05) is 51.2 Å². The number of imidazole rings is 1. The molecule has 2 aromatic rings. The third-order valence-corrected chi connectivity index (χ3v) is 8.89. The lowest BCUT2D eigenvalue weighted by Crippen LogP contribution is -2.36. The maximum absolute atomic E-state index is 13.2.